The fraction of sp³-hybridized carbons (Fsp3) is 0.409. The number of ether oxygens (including phenoxy) is 1. The van der Waals surface area contributed by atoms with Gasteiger partial charge in [-0.05, 0) is 29.7 Å². The summed E-state index contributed by atoms with van der Waals surface area (Å²) < 4.78 is 5.89. The van der Waals surface area contributed by atoms with E-state index in [4.69, 9.17) is 10.5 Å². The van der Waals surface area contributed by atoms with Crippen LogP contribution < -0.4 is 15.8 Å². The van der Waals surface area contributed by atoms with Gasteiger partial charge in [0.2, 0.25) is 5.91 Å². The lowest BCUT2D eigenvalue weighted by atomic mass is 9.89. The van der Waals surface area contributed by atoms with E-state index in [1.54, 1.807) is 0 Å². The van der Waals surface area contributed by atoms with Gasteiger partial charge in [0.15, 0.2) is 0 Å². The maximum absolute atomic E-state index is 12.4. The van der Waals surface area contributed by atoms with Crippen molar-refractivity contribution in [3.8, 4) is 5.75 Å². The molecule has 1 fully saturated rings. The van der Waals surface area contributed by atoms with Crippen molar-refractivity contribution in [2.75, 3.05) is 32.7 Å². The lowest BCUT2D eigenvalue weighted by Crippen LogP contribution is -2.40. The third kappa shape index (κ3) is 4.66. The molecule has 2 aliphatic heterocycles. The van der Waals surface area contributed by atoms with Gasteiger partial charge in [0.25, 0.3) is 0 Å². The molecule has 0 spiro atoms. The number of fused-ring (bicyclic) bond motifs is 1. The van der Waals surface area contributed by atoms with E-state index in [2.05, 4.69) is 40.5 Å². The zero-order chi connectivity index (χ0) is 18.6. The first-order valence-corrected chi connectivity index (χ1v) is 9.71. The molecule has 1 unspecified atom stereocenters. The summed E-state index contributed by atoms with van der Waals surface area (Å²) in [5, 5.41) is 3.04. The largest absolute Gasteiger partial charge is 0.488 e. The Hall–Kier alpha value is -2.08. The molecule has 0 aliphatic carbocycles. The SMILES string of the molecule is Cl.NC[C@@H]1CN(CC(=O)NCC2Cc3ccccc3O2)C[C@H]1c1ccccc1. The van der Waals surface area contributed by atoms with Gasteiger partial charge in [-0.3, -0.25) is 9.69 Å². The Balaban J connectivity index is 0.00000225. The molecule has 0 saturated carbocycles. The Labute approximate surface area is 172 Å². The predicted octanol–water partition coefficient (Wildman–Crippen LogP) is 2.20. The van der Waals surface area contributed by atoms with Crippen molar-refractivity contribution in [1.82, 2.24) is 10.2 Å². The molecule has 3 N–H and O–H groups in total. The molecule has 28 heavy (non-hydrogen) atoms. The van der Waals surface area contributed by atoms with Crippen LogP contribution in [0.15, 0.2) is 54.6 Å². The van der Waals surface area contributed by atoms with Crippen LogP contribution in [0.4, 0.5) is 0 Å². The molecule has 1 amide bonds. The molecule has 1 saturated heterocycles. The Kier molecular flexibility index (Phi) is 6.94. The molecular formula is C22H28ClN3O2. The van der Waals surface area contributed by atoms with Gasteiger partial charge in [0.05, 0.1) is 13.1 Å². The third-order valence-corrected chi connectivity index (χ3v) is 5.66. The smallest absolute Gasteiger partial charge is 0.234 e. The van der Waals surface area contributed by atoms with Crippen molar-refractivity contribution < 1.29 is 9.53 Å². The highest BCUT2D eigenvalue weighted by molar-refractivity contribution is 5.85. The number of carbonyl (C=O) groups excluding carboxylic acids is 1. The Morgan fingerprint density at radius 1 is 1.11 bits per heavy atom. The molecule has 4 rings (SSSR count). The number of hydrogen-bond donors (Lipinski definition) is 2. The number of halogens is 1. The van der Waals surface area contributed by atoms with Crippen LogP contribution in [0.1, 0.15) is 17.0 Å². The minimum absolute atomic E-state index is 0. The maximum atomic E-state index is 12.4. The second kappa shape index (κ2) is 9.41. The highest BCUT2D eigenvalue weighted by Gasteiger charge is 2.33. The summed E-state index contributed by atoms with van der Waals surface area (Å²) in [6.07, 6.45) is 0.879. The Bertz CT molecular complexity index is 761. The molecule has 2 heterocycles. The monoisotopic (exact) mass is 401 g/mol. The molecule has 0 bridgehead atoms. The normalized spacial score (nSPS) is 23.5. The number of nitrogens with zero attached hydrogens (tertiary/aromatic N) is 1. The van der Waals surface area contributed by atoms with Gasteiger partial charge in [-0.15, -0.1) is 12.4 Å². The molecular weight excluding hydrogens is 374 g/mol. The highest BCUT2D eigenvalue weighted by atomic mass is 35.5. The minimum atomic E-state index is 0. The summed E-state index contributed by atoms with van der Waals surface area (Å²) in [6, 6.07) is 18.5. The predicted molar refractivity (Wildman–Crippen MR) is 113 cm³/mol. The van der Waals surface area contributed by atoms with Crippen LogP contribution >= 0.6 is 12.4 Å². The molecule has 3 atom stereocenters. The highest BCUT2D eigenvalue weighted by Crippen LogP contribution is 2.32. The van der Waals surface area contributed by atoms with Crippen LogP contribution in [0.5, 0.6) is 5.75 Å². The van der Waals surface area contributed by atoms with Crippen LogP contribution in [0, 0.1) is 5.92 Å². The lowest BCUT2D eigenvalue weighted by molar-refractivity contribution is -0.122. The average molecular weight is 402 g/mol. The third-order valence-electron chi connectivity index (χ3n) is 5.66. The number of nitrogens with two attached hydrogens (primary N) is 1. The molecule has 2 aromatic rings. The van der Waals surface area contributed by atoms with Gasteiger partial charge in [-0.1, -0.05) is 48.5 Å². The number of para-hydroxylation sites is 1. The van der Waals surface area contributed by atoms with Gasteiger partial charge in [-0.2, -0.15) is 0 Å². The first kappa shape index (κ1) is 20.6. The van der Waals surface area contributed by atoms with E-state index in [0.29, 0.717) is 31.5 Å². The van der Waals surface area contributed by atoms with Crippen molar-refractivity contribution >= 4 is 18.3 Å². The van der Waals surface area contributed by atoms with Crippen LogP contribution in [-0.4, -0.2) is 49.6 Å². The summed E-state index contributed by atoms with van der Waals surface area (Å²) in [7, 11) is 0. The van der Waals surface area contributed by atoms with E-state index in [1.807, 2.05) is 24.3 Å². The number of benzene rings is 2. The van der Waals surface area contributed by atoms with E-state index in [-0.39, 0.29) is 24.4 Å². The molecule has 6 heteroatoms. The quantitative estimate of drug-likeness (QED) is 0.778. The first-order chi connectivity index (χ1) is 13.2. The molecule has 2 aromatic carbocycles. The summed E-state index contributed by atoms with van der Waals surface area (Å²) in [5.41, 5.74) is 8.52. The number of nitrogens with one attached hydrogen (secondary N) is 1. The van der Waals surface area contributed by atoms with Gasteiger partial charge in [0, 0.05) is 25.4 Å². The summed E-state index contributed by atoms with van der Waals surface area (Å²) in [4.78, 5) is 14.6. The fourth-order valence-corrected chi connectivity index (χ4v) is 4.26. The van der Waals surface area contributed by atoms with Crippen molar-refractivity contribution in [1.29, 1.82) is 0 Å². The van der Waals surface area contributed by atoms with Crippen LogP contribution in [0.2, 0.25) is 0 Å². The molecule has 150 valence electrons. The van der Waals surface area contributed by atoms with Gasteiger partial charge < -0.3 is 15.8 Å². The van der Waals surface area contributed by atoms with Crippen molar-refractivity contribution in [3.05, 3.63) is 65.7 Å². The summed E-state index contributed by atoms with van der Waals surface area (Å²) >= 11 is 0. The van der Waals surface area contributed by atoms with Crippen LogP contribution in [0.25, 0.3) is 0 Å². The van der Waals surface area contributed by atoms with E-state index < -0.39 is 0 Å². The lowest BCUT2D eigenvalue weighted by Gasteiger charge is -2.17. The number of amides is 1. The molecule has 0 aromatic heterocycles. The summed E-state index contributed by atoms with van der Waals surface area (Å²) in [5.74, 6) is 1.79. The topological polar surface area (TPSA) is 67.6 Å². The standard InChI is InChI=1S/C22H27N3O2.ClH/c23-11-18-13-25(14-20(18)16-6-2-1-3-7-16)15-22(26)24-12-19-10-17-8-4-5-9-21(17)27-19;/h1-9,18-20H,10-15,23H2,(H,24,26);1H/t18-,19?,20+;/m1./s1. The zero-order valence-electron chi connectivity index (χ0n) is 15.9. The van der Waals surface area contributed by atoms with E-state index in [1.165, 1.54) is 11.1 Å². The van der Waals surface area contributed by atoms with Crippen molar-refractivity contribution in [2.24, 2.45) is 11.7 Å². The number of hydrogen-bond acceptors (Lipinski definition) is 4. The van der Waals surface area contributed by atoms with Crippen molar-refractivity contribution in [3.63, 3.8) is 0 Å². The van der Waals surface area contributed by atoms with Gasteiger partial charge >= 0.3 is 0 Å². The summed E-state index contributed by atoms with van der Waals surface area (Å²) in [6.45, 7) is 3.36. The minimum Gasteiger partial charge on any atom is -0.488 e. The Morgan fingerprint density at radius 3 is 2.61 bits per heavy atom. The fourth-order valence-electron chi connectivity index (χ4n) is 4.26. The molecule has 0 radical (unpaired) electrons. The second-order valence-corrected chi connectivity index (χ2v) is 7.56. The average Bonchev–Trinajstić information content (AvgIpc) is 3.30. The Morgan fingerprint density at radius 2 is 1.86 bits per heavy atom. The van der Waals surface area contributed by atoms with Crippen LogP contribution in [-0.2, 0) is 11.2 Å². The number of rotatable bonds is 6. The molecule has 2 aliphatic rings. The van der Waals surface area contributed by atoms with E-state index >= 15 is 0 Å². The maximum Gasteiger partial charge on any atom is 0.234 e. The zero-order valence-corrected chi connectivity index (χ0v) is 16.7. The van der Waals surface area contributed by atoms with Gasteiger partial charge in [-0.25, -0.2) is 0 Å². The molecule has 5 nitrogen and oxygen atoms in total. The van der Waals surface area contributed by atoms with Crippen molar-refractivity contribution in [2.45, 2.75) is 18.4 Å². The van der Waals surface area contributed by atoms with Crippen LogP contribution in [0.3, 0.4) is 0 Å². The first-order valence-electron chi connectivity index (χ1n) is 9.71. The number of likely N-dealkylation sites (tertiary alicyclic amines) is 1. The van der Waals surface area contributed by atoms with Gasteiger partial charge in [0.1, 0.15) is 11.9 Å². The van der Waals surface area contributed by atoms with E-state index in [0.717, 1.165) is 25.3 Å². The number of carbonyl (C=O) groups is 1. The second-order valence-electron chi connectivity index (χ2n) is 7.56. The van der Waals surface area contributed by atoms with E-state index in [9.17, 15) is 4.79 Å².